The highest BCUT2D eigenvalue weighted by Crippen LogP contribution is 2.26. The van der Waals surface area contributed by atoms with E-state index in [1.807, 2.05) is 19.9 Å². The second-order valence-corrected chi connectivity index (χ2v) is 12.3. The van der Waals surface area contributed by atoms with Gasteiger partial charge in [-0.3, -0.25) is 13.9 Å². The van der Waals surface area contributed by atoms with Gasteiger partial charge in [0.25, 0.3) is 10.0 Å². The van der Waals surface area contributed by atoms with Gasteiger partial charge >= 0.3 is 0 Å². The summed E-state index contributed by atoms with van der Waals surface area (Å²) in [7, 11) is -2.55. The average Bonchev–Trinajstić information content (AvgIpc) is 2.93. The zero-order chi connectivity index (χ0) is 28.6. The summed E-state index contributed by atoms with van der Waals surface area (Å²) < 4.78 is 34.7. The predicted octanol–water partition coefficient (Wildman–Crippen LogP) is 4.84. The van der Waals surface area contributed by atoms with Crippen LogP contribution in [0.25, 0.3) is 0 Å². The number of carbonyl (C=O) groups is 2. The molecule has 0 aromatic heterocycles. The van der Waals surface area contributed by atoms with Gasteiger partial charge in [-0.25, -0.2) is 8.42 Å². The first-order valence-electron chi connectivity index (χ1n) is 12.6. The number of benzene rings is 3. The fraction of sp³-hybridized carbons (Fsp3) is 0.310. The Balaban J connectivity index is 2.00. The second kappa shape index (κ2) is 13.6. The maximum atomic E-state index is 13.9. The lowest BCUT2D eigenvalue weighted by Crippen LogP contribution is -2.51. The number of hydrogen-bond acceptors (Lipinski definition) is 5. The molecule has 208 valence electrons. The van der Waals surface area contributed by atoms with Crippen LogP contribution in [-0.2, 0) is 26.2 Å². The molecule has 0 bridgehead atoms. The summed E-state index contributed by atoms with van der Waals surface area (Å²) in [6, 6.07) is 21.0. The van der Waals surface area contributed by atoms with Gasteiger partial charge in [-0.1, -0.05) is 60.1 Å². The monoisotopic (exact) mass is 615 g/mol. The van der Waals surface area contributed by atoms with E-state index in [9.17, 15) is 18.0 Å². The fourth-order valence-electron chi connectivity index (χ4n) is 3.86. The summed E-state index contributed by atoms with van der Waals surface area (Å²) >= 11 is 3.37. The van der Waals surface area contributed by atoms with Gasteiger partial charge in [0.2, 0.25) is 11.8 Å². The van der Waals surface area contributed by atoms with Gasteiger partial charge in [-0.15, -0.1) is 0 Å². The Morgan fingerprint density at radius 2 is 1.62 bits per heavy atom. The quantitative estimate of drug-likeness (QED) is 0.314. The van der Waals surface area contributed by atoms with Crippen molar-refractivity contribution in [3.05, 3.63) is 88.9 Å². The lowest BCUT2D eigenvalue weighted by Gasteiger charge is -2.32. The summed E-state index contributed by atoms with van der Waals surface area (Å²) in [4.78, 5) is 28.4. The molecule has 0 saturated heterocycles. The van der Waals surface area contributed by atoms with Gasteiger partial charge in [0.15, 0.2) is 0 Å². The van der Waals surface area contributed by atoms with E-state index in [2.05, 4.69) is 21.2 Å². The van der Waals surface area contributed by atoms with Crippen molar-refractivity contribution in [2.45, 2.75) is 38.3 Å². The van der Waals surface area contributed by atoms with Crippen LogP contribution >= 0.6 is 15.9 Å². The Bertz CT molecular complexity index is 1370. The Kier molecular flexibility index (Phi) is 10.5. The third-order valence-corrected chi connectivity index (χ3v) is 8.38. The number of hydrogen-bond donors (Lipinski definition) is 1. The van der Waals surface area contributed by atoms with Crippen LogP contribution < -0.4 is 14.4 Å². The van der Waals surface area contributed by atoms with Crippen molar-refractivity contribution in [2.75, 3.05) is 24.5 Å². The molecule has 3 rings (SSSR count). The van der Waals surface area contributed by atoms with Gasteiger partial charge in [0.05, 0.1) is 17.7 Å². The molecule has 0 aliphatic rings. The van der Waals surface area contributed by atoms with Crippen LogP contribution in [0.4, 0.5) is 5.69 Å². The number of rotatable bonds is 12. The molecule has 0 heterocycles. The van der Waals surface area contributed by atoms with E-state index in [0.717, 1.165) is 14.3 Å². The topological polar surface area (TPSA) is 96.0 Å². The maximum absolute atomic E-state index is 13.9. The number of nitrogens with one attached hydrogen (secondary N) is 1. The molecule has 3 aromatic rings. The number of ether oxygens (including phenoxy) is 1. The molecule has 0 aliphatic heterocycles. The fourth-order valence-corrected chi connectivity index (χ4v) is 5.56. The minimum atomic E-state index is -4.10. The zero-order valence-corrected chi connectivity index (χ0v) is 24.9. The van der Waals surface area contributed by atoms with Crippen LogP contribution in [0.15, 0.2) is 88.2 Å². The van der Waals surface area contributed by atoms with E-state index in [4.69, 9.17) is 4.74 Å². The highest BCUT2D eigenvalue weighted by atomic mass is 79.9. The largest absolute Gasteiger partial charge is 0.497 e. The summed E-state index contributed by atoms with van der Waals surface area (Å²) in [5.41, 5.74) is 1.07. The summed E-state index contributed by atoms with van der Waals surface area (Å²) in [6.07, 6.45) is 0. The van der Waals surface area contributed by atoms with E-state index in [-0.39, 0.29) is 23.3 Å². The van der Waals surface area contributed by atoms with Gasteiger partial charge < -0.3 is 15.0 Å². The number of anilines is 1. The van der Waals surface area contributed by atoms with Crippen LogP contribution in [0.2, 0.25) is 0 Å². The van der Waals surface area contributed by atoms with Crippen molar-refractivity contribution < 1.29 is 22.7 Å². The number of methoxy groups -OCH3 is 1. The minimum absolute atomic E-state index is 0.0581. The minimum Gasteiger partial charge on any atom is -0.497 e. The molecular formula is C29H34BrN3O5S. The molecule has 1 N–H and O–H groups in total. The molecule has 39 heavy (non-hydrogen) atoms. The first-order valence-corrected chi connectivity index (χ1v) is 14.8. The Labute approximate surface area is 239 Å². The molecule has 0 saturated carbocycles. The van der Waals surface area contributed by atoms with Crippen LogP contribution in [0.1, 0.15) is 26.3 Å². The first kappa shape index (κ1) is 30.2. The Morgan fingerprint density at radius 1 is 0.949 bits per heavy atom. The molecule has 1 unspecified atom stereocenters. The van der Waals surface area contributed by atoms with Gasteiger partial charge in [-0.2, -0.15) is 0 Å². The lowest BCUT2D eigenvalue weighted by molar-refractivity contribution is -0.139. The molecule has 3 aromatic carbocycles. The SMILES string of the molecule is COc1cccc(CN(C(=O)CN(c2ccc(Br)cc2)S(=O)(=O)c2ccccc2)C(C)C(=O)NCC(C)C)c1. The van der Waals surface area contributed by atoms with Gasteiger partial charge in [0, 0.05) is 17.6 Å². The van der Waals surface area contributed by atoms with Crippen molar-refractivity contribution >= 4 is 43.5 Å². The van der Waals surface area contributed by atoms with Crippen molar-refractivity contribution in [1.82, 2.24) is 10.2 Å². The third-order valence-electron chi connectivity index (χ3n) is 6.06. The van der Waals surface area contributed by atoms with Crippen LogP contribution in [-0.4, -0.2) is 51.4 Å². The molecular weight excluding hydrogens is 582 g/mol. The molecule has 0 fully saturated rings. The molecule has 10 heteroatoms. The smallest absolute Gasteiger partial charge is 0.264 e. The van der Waals surface area contributed by atoms with E-state index in [0.29, 0.717) is 18.0 Å². The molecule has 0 radical (unpaired) electrons. The molecule has 2 amide bonds. The summed E-state index contributed by atoms with van der Waals surface area (Å²) in [5.74, 6) is 0.000972. The normalized spacial score (nSPS) is 12.1. The maximum Gasteiger partial charge on any atom is 0.264 e. The summed E-state index contributed by atoms with van der Waals surface area (Å²) in [6.45, 7) is 5.65. The number of nitrogens with zero attached hydrogens (tertiary/aromatic N) is 2. The first-order chi connectivity index (χ1) is 18.5. The highest BCUT2D eigenvalue weighted by Gasteiger charge is 2.32. The number of amides is 2. The average molecular weight is 617 g/mol. The molecule has 1 atom stereocenters. The summed E-state index contributed by atoms with van der Waals surface area (Å²) in [5, 5.41) is 2.88. The van der Waals surface area contributed by atoms with Crippen molar-refractivity contribution in [3.63, 3.8) is 0 Å². The molecule has 0 aliphatic carbocycles. The Morgan fingerprint density at radius 3 is 2.23 bits per heavy atom. The Hall–Kier alpha value is -3.37. The highest BCUT2D eigenvalue weighted by molar-refractivity contribution is 9.10. The third kappa shape index (κ3) is 8.06. The second-order valence-electron chi connectivity index (χ2n) is 9.49. The van der Waals surface area contributed by atoms with Gasteiger partial charge in [0.1, 0.15) is 18.3 Å². The van der Waals surface area contributed by atoms with E-state index in [1.165, 1.54) is 17.0 Å². The van der Waals surface area contributed by atoms with Gasteiger partial charge in [-0.05, 0) is 66.9 Å². The van der Waals surface area contributed by atoms with Crippen LogP contribution in [0, 0.1) is 5.92 Å². The van der Waals surface area contributed by atoms with E-state index in [1.54, 1.807) is 74.7 Å². The number of carbonyl (C=O) groups excluding carboxylic acids is 2. The standard InChI is InChI=1S/C29H34BrN3O5S/c1-21(2)18-31-29(35)22(3)32(19-23-9-8-10-26(17-23)38-4)28(34)20-33(25-15-13-24(30)14-16-25)39(36,37)27-11-6-5-7-12-27/h5-17,21-22H,18-20H2,1-4H3,(H,31,35). The van der Waals surface area contributed by atoms with Crippen molar-refractivity contribution in [2.24, 2.45) is 5.92 Å². The zero-order valence-electron chi connectivity index (χ0n) is 22.5. The van der Waals surface area contributed by atoms with Crippen molar-refractivity contribution in [3.8, 4) is 5.75 Å². The van der Waals surface area contributed by atoms with E-state index >= 15 is 0 Å². The number of sulfonamides is 1. The number of halogens is 1. The molecule has 0 spiro atoms. The molecule has 8 nitrogen and oxygen atoms in total. The lowest BCUT2D eigenvalue weighted by atomic mass is 10.1. The van der Waals surface area contributed by atoms with Crippen LogP contribution in [0.5, 0.6) is 5.75 Å². The van der Waals surface area contributed by atoms with E-state index < -0.39 is 28.5 Å². The van der Waals surface area contributed by atoms with Crippen molar-refractivity contribution in [1.29, 1.82) is 0 Å². The van der Waals surface area contributed by atoms with Crippen LogP contribution in [0.3, 0.4) is 0 Å². The predicted molar refractivity (Wildman–Crippen MR) is 156 cm³/mol.